The van der Waals surface area contributed by atoms with Gasteiger partial charge in [-0.3, -0.25) is 9.40 Å². The SMILES string of the molecule is CCCn1nccc1-c1csc(S(=O)(=O)Nc2ccc(OC)cc2)c1. The molecule has 8 heteroatoms. The van der Waals surface area contributed by atoms with Crippen LogP contribution in [-0.2, 0) is 16.6 Å². The van der Waals surface area contributed by atoms with Crippen LogP contribution in [0.5, 0.6) is 5.75 Å². The van der Waals surface area contributed by atoms with Crippen molar-refractivity contribution in [2.24, 2.45) is 0 Å². The molecule has 0 aliphatic carbocycles. The number of ether oxygens (including phenoxy) is 1. The van der Waals surface area contributed by atoms with Gasteiger partial charge < -0.3 is 4.74 Å². The van der Waals surface area contributed by atoms with Crippen LogP contribution in [0.1, 0.15) is 13.3 Å². The van der Waals surface area contributed by atoms with Crippen LogP contribution in [0.15, 0.2) is 52.2 Å². The molecule has 0 fully saturated rings. The molecule has 0 amide bonds. The number of methoxy groups -OCH3 is 1. The van der Waals surface area contributed by atoms with E-state index in [1.54, 1.807) is 43.6 Å². The molecule has 0 aliphatic rings. The van der Waals surface area contributed by atoms with Crippen molar-refractivity contribution in [3.63, 3.8) is 0 Å². The topological polar surface area (TPSA) is 73.2 Å². The van der Waals surface area contributed by atoms with Crippen molar-refractivity contribution < 1.29 is 13.2 Å². The number of thiophene rings is 1. The van der Waals surface area contributed by atoms with Gasteiger partial charge in [-0.05, 0) is 42.8 Å². The highest BCUT2D eigenvalue weighted by molar-refractivity contribution is 7.94. The van der Waals surface area contributed by atoms with Gasteiger partial charge >= 0.3 is 0 Å². The number of aryl methyl sites for hydroxylation is 1. The van der Waals surface area contributed by atoms with Crippen LogP contribution in [-0.4, -0.2) is 25.3 Å². The van der Waals surface area contributed by atoms with Crippen LogP contribution in [0.2, 0.25) is 0 Å². The highest BCUT2D eigenvalue weighted by Gasteiger charge is 2.18. The van der Waals surface area contributed by atoms with Gasteiger partial charge in [0, 0.05) is 29.4 Å². The zero-order valence-electron chi connectivity index (χ0n) is 14.0. The van der Waals surface area contributed by atoms with Crippen LogP contribution in [0.4, 0.5) is 5.69 Å². The quantitative estimate of drug-likeness (QED) is 0.679. The molecule has 0 aliphatic heterocycles. The molecule has 0 saturated heterocycles. The van der Waals surface area contributed by atoms with Gasteiger partial charge in [-0.15, -0.1) is 11.3 Å². The van der Waals surface area contributed by atoms with Crippen molar-refractivity contribution in [3.05, 3.63) is 48.0 Å². The number of nitrogens with zero attached hydrogens (tertiary/aromatic N) is 2. The maximum atomic E-state index is 12.6. The van der Waals surface area contributed by atoms with Gasteiger partial charge in [0.15, 0.2) is 0 Å². The molecule has 2 aromatic heterocycles. The molecule has 6 nitrogen and oxygen atoms in total. The molecule has 0 atom stereocenters. The third kappa shape index (κ3) is 3.85. The Morgan fingerprint density at radius 3 is 2.68 bits per heavy atom. The highest BCUT2D eigenvalue weighted by Crippen LogP contribution is 2.30. The van der Waals surface area contributed by atoms with Crippen LogP contribution >= 0.6 is 11.3 Å². The van der Waals surface area contributed by atoms with E-state index in [2.05, 4.69) is 16.7 Å². The summed E-state index contributed by atoms with van der Waals surface area (Å²) in [5.41, 5.74) is 2.27. The van der Waals surface area contributed by atoms with Crippen LogP contribution in [0, 0.1) is 0 Å². The lowest BCUT2D eigenvalue weighted by molar-refractivity contribution is 0.415. The first-order valence-corrected chi connectivity index (χ1v) is 10.2. The van der Waals surface area contributed by atoms with Gasteiger partial charge in [0.1, 0.15) is 9.96 Å². The summed E-state index contributed by atoms with van der Waals surface area (Å²) in [6.45, 7) is 2.87. The largest absolute Gasteiger partial charge is 0.497 e. The normalized spacial score (nSPS) is 11.4. The minimum absolute atomic E-state index is 0.266. The predicted octanol–water partition coefficient (Wildman–Crippen LogP) is 3.83. The fourth-order valence-corrected chi connectivity index (χ4v) is 4.66. The van der Waals surface area contributed by atoms with E-state index in [9.17, 15) is 8.42 Å². The molecule has 3 rings (SSSR count). The van der Waals surface area contributed by atoms with E-state index in [4.69, 9.17) is 4.74 Å². The lowest BCUT2D eigenvalue weighted by Gasteiger charge is -2.07. The molecule has 2 heterocycles. The van der Waals surface area contributed by atoms with E-state index >= 15 is 0 Å². The molecule has 0 bridgehead atoms. The van der Waals surface area contributed by atoms with E-state index in [0.717, 1.165) is 24.2 Å². The van der Waals surface area contributed by atoms with Gasteiger partial charge in [0.2, 0.25) is 0 Å². The molecule has 3 aromatic rings. The van der Waals surface area contributed by atoms with Crippen molar-refractivity contribution in [1.29, 1.82) is 0 Å². The monoisotopic (exact) mass is 377 g/mol. The first kappa shape index (κ1) is 17.5. The Kier molecular flexibility index (Phi) is 5.10. The van der Waals surface area contributed by atoms with Crippen LogP contribution < -0.4 is 9.46 Å². The van der Waals surface area contributed by atoms with Crippen molar-refractivity contribution in [1.82, 2.24) is 9.78 Å². The minimum Gasteiger partial charge on any atom is -0.497 e. The number of nitrogens with one attached hydrogen (secondary N) is 1. The number of benzene rings is 1. The summed E-state index contributed by atoms with van der Waals surface area (Å²) in [5, 5.41) is 6.12. The van der Waals surface area contributed by atoms with Crippen molar-refractivity contribution in [2.75, 3.05) is 11.8 Å². The fraction of sp³-hybridized carbons (Fsp3) is 0.235. The first-order valence-electron chi connectivity index (χ1n) is 7.81. The van der Waals surface area contributed by atoms with E-state index in [1.165, 1.54) is 11.3 Å². The summed E-state index contributed by atoms with van der Waals surface area (Å²) in [6.07, 6.45) is 2.69. The van der Waals surface area contributed by atoms with Crippen LogP contribution in [0.3, 0.4) is 0 Å². The summed E-state index contributed by atoms with van der Waals surface area (Å²) < 4.78 is 35.0. The smallest absolute Gasteiger partial charge is 0.271 e. The summed E-state index contributed by atoms with van der Waals surface area (Å²) >= 11 is 1.19. The van der Waals surface area contributed by atoms with Gasteiger partial charge in [-0.25, -0.2) is 8.42 Å². The lowest BCUT2D eigenvalue weighted by atomic mass is 10.2. The molecule has 132 valence electrons. The first-order chi connectivity index (χ1) is 12.0. The number of hydrogen-bond acceptors (Lipinski definition) is 5. The number of aromatic nitrogens is 2. The standard InChI is InChI=1S/C17H19N3O3S2/c1-3-10-20-16(8-9-18-20)13-11-17(24-12-13)25(21,22)19-14-4-6-15(23-2)7-5-14/h4-9,11-12,19H,3,10H2,1-2H3. The molecule has 1 aromatic carbocycles. The van der Waals surface area contributed by atoms with Gasteiger partial charge in [-0.1, -0.05) is 6.92 Å². The zero-order valence-corrected chi connectivity index (χ0v) is 15.6. The summed E-state index contributed by atoms with van der Waals surface area (Å²) in [5.74, 6) is 0.672. The second-order valence-corrected chi connectivity index (χ2v) is 8.25. The average Bonchev–Trinajstić information content (AvgIpc) is 3.25. The molecule has 0 saturated carbocycles. The zero-order chi connectivity index (χ0) is 17.9. The Bertz CT molecular complexity index is 944. The van der Waals surface area contributed by atoms with Gasteiger partial charge in [0.05, 0.1) is 12.8 Å². The second-order valence-electron chi connectivity index (χ2n) is 5.43. The average molecular weight is 377 g/mol. The molecular weight excluding hydrogens is 358 g/mol. The maximum Gasteiger partial charge on any atom is 0.271 e. The Morgan fingerprint density at radius 2 is 2.00 bits per heavy atom. The summed E-state index contributed by atoms with van der Waals surface area (Å²) in [6, 6.07) is 10.3. The highest BCUT2D eigenvalue weighted by atomic mass is 32.2. The van der Waals surface area contributed by atoms with Crippen molar-refractivity contribution in [2.45, 2.75) is 24.1 Å². The Hall–Kier alpha value is -2.32. The predicted molar refractivity (Wildman–Crippen MR) is 99.6 cm³/mol. The van der Waals surface area contributed by atoms with E-state index in [-0.39, 0.29) is 4.21 Å². The van der Waals surface area contributed by atoms with Gasteiger partial charge in [-0.2, -0.15) is 5.10 Å². The Morgan fingerprint density at radius 1 is 1.24 bits per heavy atom. The number of rotatable bonds is 7. The fourth-order valence-electron chi connectivity index (χ4n) is 2.42. The Balaban J connectivity index is 1.83. The third-order valence-corrected chi connectivity index (χ3v) is 6.45. The molecule has 1 N–H and O–H groups in total. The van der Waals surface area contributed by atoms with E-state index in [1.807, 2.05) is 16.1 Å². The van der Waals surface area contributed by atoms with E-state index < -0.39 is 10.0 Å². The number of anilines is 1. The second kappa shape index (κ2) is 7.28. The molecule has 25 heavy (non-hydrogen) atoms. The minimum atomic E-state index is -3.63. The molecule has 0 unspecified atom stereocenters. The molecule has 0 radical (unpaired) electrons. The Labute approximate surface area is 151 Å². The number of hydrogen-bond donors (Lipinski definition) is 1. The molecular formula is C17H19N3O3S2. The number of sulfonamides is 1. The lowest BCUT2D eigenvalue weighted by Crippen LogP contribution is -2.11. The van der Waals surface area contributed by atoms with Crippen molar-refractivity contribution >= 4 is 27.0 Å². The van der Waals surface area contributed by atoms with Crippen molar-refractivity contribution in [3.8, 4) is 17.0 Å². The maximum absolute atomic E-state index is 12.6. The summed E-state index contributed by atoms with van der Waals surface area (Å²) in [4.78, 5) is 0. The summed E-state index contributed by atoms with van der Waals surface area (Å²) in [7, 11) is -2.07. The molecule has 0 spiro atoms. The van der Waals surface area contributed by atoms with Gasteiger partial charge in [0.25, 0.3) is 10.0 Å². The van der Waals surface area contributed by atoms with Crippen LogP contribution in [0.25, 0.3) is 11.3 Å². The third-order valence-electron chi connectivity index (χ3n) is 3.63. The van der Waals surface area contributed by atoms with E-state index in [0.29, 0.717) is 11.4 Å².